The number of aromatic nitrogens is 1. The Balaban J connectivity index is 1.93. The predicted octanol–water partition coefficient (Wildman–Crippen LogP) is 4.18. The third-order valence-electron chi connectivity index (χ3n) is 3.01. The first-order valence-corrected chi connectivity index (χ1v) is 6.71. The molecule has 0 aliphatic heterocycles. The molecular formula is C12H15BrClN. The van der Waals surface area contributed by atoms with Gasteiger partial charge >= 0.3 is 0 Å². The average molecular weight is 289 g/mol. The van der Waals surface area contributed by atoms with Crippen molar-refractivity contribution in [2.45, 2.75) is 37.5 Å². The summed E-state index contributed by atoms with van der Waals surface area (Å²) in [5.74, 6) is 0.731. The van der Waals surface area contributed by atoms with Gasteiger partial charge in [-0.3, -0.25) is 4.98 Å². The third-order valence-corrected chi connectivity index (χ3v) is 3.87. The van der Waals surface area contributed by atoms with E-state index >= 15 is 0 Å². The van der Waals surface area contributed by atoms with Crippen molar-refractivity contribution < 1.29 is 0 Å². The van der Waals surface area contributed by atoms with Gasteiger partial charge in [-0.05, 0) is 59.7 Å². The lowest BCUT2D eigenvalue weighted by molar-refractivity contribution is 0.359. The molecular weight excluding hydrogens is 273 g/mol. The minimum absolute atomic E-state index is 0.388. The van der Waals surface area contributed by atoms with E-state index < -0.39 is 0 Å². The number of alkyl halides is 1. The van der Waals surface area contributed by atoms with Gasteiger partial charge in [0.15, 0.2) is 0 Å². The molecule has 2 unspecified atom stereocenters. The smallest absolute Gasteiger partial charge is 0.0413 e. The van der Waals surface area contributed by atoms with Crippen molar-refractivity contribution in [3.8, 4) is 0 Å². The molecule has 0 aromatic carbocycles. The van der Waals surface area contributed by atoms with Crippen LogP contribution in [0.25, 0.3) is 0 Å². The van der Waals surface area contributed by atoms with Gasteiger partial charge in [0.2, 0.25) is 0 Å². The summed E-state index contributed by atoms with van der Waals surface area (Å²) in [5.41, 5.74) is 1.19. The zero-order valence-corrected chi connectivity index (χ0v) is 11.0. The zero-order chi connectivity index (χ0) is 10.7. The van der Waals surface area contributed by atoms with Crippen molar-refractivity contribution in [2.24, 2.45) is 5.92 Å². The van der Waals surface area contributed by atoms with E-state index in [4.69, 9.17) is 11.6 Å². The second kappa shape index (κ2) is 5.31. The first-order valence-electron chi connectivity index (χ1n) is 5.48. The molecule has 1 fully saturated rings. The fourth-order valence-electron chi connectivity index (χ4n) is 2.23. The van der Waals surface area contributed by atoms with Gasteiger partial charge in [-0.15, -0.1) is 11.6 Å². The first kappa shape index (κ1) is 11.4. The SMILES string of the molecule is ClC1CCCC(Cc2ccc(Br)cn2)C1. The van der Waals surface area contributed by atoms with E-state index in [0.717, 1.165) is 23.2 Å². The Morgan fingerprint density at radius 2 is 2.27 bits per heavy atom. The van der Waals surface area contributed by atoms with Crippen LogP contribution in [0.2, 0.25) is 0 Å². The van der Waals surface area contributed by atoms with Gasteiger partial charge in [-0.2, -0.15) is 0 Å². The number of halogens is 2. The van der Waals surface area contributed by atoms with Crippen molar-refractivity contribution in [2.75, 3.05) is 0 Å². The van der Waals surface area contributed by atoms with Crippen molar-refractivity contribution >= 4 is 27.5 Å². The molecule has 0 spiro atoms. The molecule has 1 heterocycles. The molecule has 1 aliphatic carbocycles. The van der Waals surface area contributed by atoms with Crippen LogP contribution in [0.3, 0.4) is 0 Å². The van der Waals surface area contributed by atoms with Gasteiger partial charge in [0.1, 0.15) is 0 Å². The summed E-state index contributed by atoms with van der Waals surface area (Å²) in [7, 11) is 0. The molecule has 1 aromatic heterocycles. The van der Waals surface area contributed by atoms with Crippen LogP contribution in [-0.4, -0.2) is 10.4 Å². The van der Waals surface area contributed by atoms with Gasteiger partial charge in [-0.1, -0.05) is 6.42 Å². The summed E-state index contributed by atoms with van der Waals surface area (Å²) >= 11 is 9.57. The van der Waals surface area contributed by atoms with Crippen LogP contribution in [-0.2, 0) is 6.42 Å². The highest BCUT2D eigenvalue weighted by Crippen LogP contribution is 2.29. The summed E-state index contributed by atoms with van der Waals surface area (Å²) in [6, 6.07) is 4.16. The van der Waals surface area contributed by atoms with E-state index in [1.807, 2.05) is 6.20 Å². The van der Waals surface area contributed by atoms with E-state index in [9.17, 15) is 0 Å². The Hall–Kier alpha value is -0.0800. The maximum absolute atomic E-state index is 6.17. The van der Waals surface area contributed by atoms with Crippen LogP contribution in [0.15, 0.2) is 22.8 Å². The highest BCUT2D eigenvalue weighted by molar-refractivity contribution is 9.10. The molecule has 2 rings (SSSR count). The van der Waals surface area contributed by atoms with Crippen LogP contribution < -0.4 is 0 Å². The summed E-state index contributed by atoms with van der Waals surface area (Å²) < 4.78 is 1.05. The van der Waals surface area contributed by atoms with Crippen LogP contribution in [0.4, 0.5) is 0 Å². The summed E-state index contributed by atoms with van der Waals surface area (Å²) in [6.45, 7) is 0. The lowest BCUT2D eigenvalue weighted by Gasteiger charge is -2.24. The van der Waals surface area contributed by atoms with Gasteiger partial charge in [-0.25, -0.2) is 0 Å². The Bertz CT molecular complexity index is 312. The van der Waals surface area contributed by atoms with Gasteiger partial charge in [0.25, 0.3) is 0 Å². The Labute approximate surface area is 104 Å². The topological polar surface area (TPSA) is 12.9 Å². The molecule has 0 saturated heterocycles. The molecule has 2 atom stereocenters. The van der Waals surface area contributed by atoms with Crippen LogP contribution >= 0.6 is 27.5 Å². The van der Waals surface area contributed by atoms with E-state index in [2.05, 4.69) is 33.0 Å². The van der Waals surface area contributed by atoms with Gasteiger partial charge < -0.3 is 0 Å². The van der Waals surface area contributed by atoms with Gasteiger partial charge in [0, 0.05) is 21.7 Å². The summed E-state index contributed by atoms with van der Waals surface area (Å²) in [6.07, 6.45) is 7.87. The quantitative estimate of drug-likeness (QED) is 0.744. The van der Waals surface area contributed by atoms with Crippen LogP contribution in [0, 0.1) is 5.92 Å². The molecule has 0 N–H and O–H groups in total. The summed E-state index contributed by atoms with van der Waals surface area (Å²) in [5, 5.41) is 0.388. The molecule has 1 saturated carbocycles. The van der Waals surface area contributed by atoms with Crippen LogP contribution in [0.5, 0.6) is 0 Å². The molecule has 82 valence electrons. The average Bonchev–Trinajstić information content (AvgIpc) is 2.22. The van der Waals surface area contributed by atoms with Crippen molar-refractivity contribution in [1.82, 2.24) is 4.98 Å². The molecule has 0 radical (unpaired) electrons. The predicted molar refractivity (Wildman–Crippen MR) is 67.2 cm³/mol. The van der Waals surface area contributed by atoms with E-state index in [1.54, 1.807) is 0 Å². The maximum Gasteiger partial charge on any atom is 0.0413 e. The van der Waals surface area contributed by atoms with E-state index in [1.165, 1.54) is 25.0 Å². The standard InChI is InChI=1S/C12H15BrClN/c13-10-4-5-12(15-8-10)7-9-2-1-3-11(14)6-9/h4-5,8-9,11H,1-3,6-7H2. The Morgan fingerprint density at radius 3 is 2.93 bits per heavy atom. The molecule has 0 amide bonds. The van der Waals surface area contributed by atoms with E-state index in [-0.39, 0.29) is 0 Å². The number of hydrogen-bond donors (Lipinski definition) is 0. The van der Waals surface area contributed by atoms with Crippen molar-refractivity contribution in [1.29, 1.82) is 0 Å². The Kier molecular flexibility index (Phi) is 4.04. The molecule has 3 heteroatoms. The molecule has 1 nitrogen and oxygen atoms in total. The Morgan fingerprint density at radius 1 is 1.40 bits per heavy atom. The second-order valence-electron chi connectivity index (χ2n) is 4.30. The van der Waals surface area contributed by atoms with E-state index in [0.29, 0.717) is 5.38 Å². The third kappa shape index (κ3) is 3.46. The highest BCUT2D eigenvalue weighted by Gasteiger charge is 2.20. The number of rotatable bonds is 2. The normalized spacial score (nSPS) is 26.5. The number of hydrogen-bond acceptors (Lipinski definition) is 1. The minimum Gasteiger partial charge on any atom is -0.260 e. The van der Waals surface area contributed by atoms with Gasteiger partial charge in [0.05, 0.1) is 0 Å². The minimum atomic E-state index is 0.388. The largest absolute Gasteiger partial charge is 0.260 e. The number of pyridine rings is 1. The first-order chi connectivity index (χ1) is 7.24. The number of nitrogens with zero attached hydrogens (tertiary/aromatic N) is 1. The monoisotopic (exact) mass is 287 g/mol. The molecule has 0 bridgehead atoms. The fraction of sp³-hybridized carbons (Fsp3) is 0.583. The lowest BCUT2D eigenvalue weighted by atomic mass is 9.86. The second-order valence-corrected chi connectivity index (χ2v) is 5.83. The highest BCUT2D eigenvalue weighted by atomic mass is 79.9. The summed E-state index contributed by atoms with van der Waals surface area (Å²) in [4.78, 5) is 4.41. The zero-order valence-electron chi connectivity index (χ0n) is 8.63. The molecule has 1 aromatic rings. The van der Waals surface area contributed by atoms with Crippen LogP contribution in [0.1, 0.15) is 31.4 Å². The lowest BCUT2D eigenvalue weighted by Crippen LogP contribution is -2.17. The molecule has 15 heavy (non-hydrogen) atoms. The van der Waals surface area contributed by atoms with Crippen molar-refractivity contribution in [3.63, 3.8) is 0 Å². The maximum atomic E-state index is 6.17. The fourth-order valence-corrected chi connectivity index (χ4v) is 2.87. The van der Waals surface area contributed by atoms with Crippen molar-refractivity contribution in [3.05, 3.63) is 28.5 Å². The molecule has 1 aliphatic rings.